The second-order valence-corrected chi connectivity index (χ2v) is 5.25. The van der Waals surface area contributed by atoms with Gasteiger partial charge in [-0.15, -0.1) is 0 Å². The minimum atomic E-state index is 0.550. The third-order valence-corrected chi connectivity index (χ3v) is 4.31. The highest BCUT2D eigenvalue weighted by Gasteiger charge is 2.29. The van der Waals surface area contributed by atoms with Gasteiger partial charge < -0.3 is 5.32 Å². The summed E-state index contributed by atoms with van der Waals surface area (Å²) in [5.74, 6) is 2.83. The average molecular weight is 236 g/mol. The number of rotatable bonds is 5. The lowest BCUT2D eigenvalue weighted by atomic mass is 9.93. The van der Waals surface area contributed by atoms with Crippen molar-refractivity contribution in [2.75, 3.05) is 7.05 Å². The molecule has 4 heteroatoms. The molecule has 3 atom stereocenters. The fraction of sp³-hybridized carbons (Fsp3) is 0.846. The van der Waals surface area contributed by atoms with Crippen LogP contribution in [0.2, 0.25) is 0 Å². The first kappa shape index (κ1) is 12.6. The van der Waals surface area contributed by atoms with Crippen molar-refractivity contribution in [3.8, 4) is 0 Å². The highest BCUT2D eigenvalue weighted by Crippen LogP contribution is 2.35. The summed E-state index contributed by atoms with van der Waals surface area (Å²) in [6.45, 7) is 2.31. The van der Waals surface area contributed by atoms with Gasteiger partial charge in [-0.1, -0.05) is 19.8 Å². The molecule has 0 aliphatic heterocycles. The van der Waals surface area contributed by atoms with Gasteiger partial charge in [-0.2, -0.15) is 5.10 Å². The van der Waals surface area contributed by atoms with Crippen molar-refractivity contribution < 1.29 is 0 Å². The zero-order valence-corrected chi connectivity index (χ0v) is 11.2. The molecule has 0 radical (unpaired) electrons. The second-order valence-electron chi connectivity index (χ2n) is 5.25. The maximum atomic E-state index is 4.33. The zero-order chi connectivity index (χ0) is 12.3. The van der Waals surface area contributed by atoms with Gasteiger partial charge in [0, 0.05) is 19.5 Å². The molecule has 0 bridgehead atoms. The Bertz CT molecular complexity index is 347. The molecule has 0 amide bonds. The monoisotopic (exact) mass is 236 g/mol. The summed E-state index contributed by atoms with van der Waals surface area (Å²) in [5.41, 5.74) is 0. The van der Waals surface area contributed by atoms with Crippen LogP contribution in [0.1, 0.15) is 38.4 Å². The quantitative estimate of drug-likeness (QED) is 0.847. The number of hydrogen-bond donors (Lipinski definition) is 1. The molecule has 1 aromatic rings. The van der Waals surface area contributed by atoms with Crippen LogP contribution in [0.25, 0.3) is 0 Å². The fourth-order valence-corrected chi connectivity index (χ4v) is 3.06. The van der Waals surface area contributed by atoms with Crippen LogP contribution in [0.15, 0.2) is 6.33 Å². The molecule has 0 spiro atoms. The lowest BCUT2D eigenvalue weighted by Crippen LogP contribution is -2.35. The summed E-state index contributed by atoms with van der Waals surface area (Å²) >= 11 is 0. The number of nitrogens with zero attached hydrogens (tertiary/aromatic N) is 3. The van der Waals surface area contributed by atoms with Crippen molar-refractivity contribution in [1.82, 2.24) is 20.1 Å². The Labute approximate surface area is 104 Å². The van der Waals surface area contributed by atoms with E-state index in [-0.39, 0.29) is 0 Å². The molecule has 1 saturated carbocycles. The fourth-order valence-electron chi connectivity index (χ4n) is 3.06. The van der Waals surface area contributed by atoms with Crippen LogP contribution in [-0.4, -0.2) is 27.9 Å². The van der Waals surface area contributed by atoms with Gasteiger partial charge in [0.2, 0.25) is 0 Å². The Kier molecular flexibility index (Phi) is 4.15. The maximum absolute atomic E-state index is 4.33. The highest BCUT2D eigenvalue weighted by molar-refractivity contribution is 4.93. The molecule has 1 aliphatic rings. The van der Waals surface area contributed by atoms with E-state index in [4.69, 9.17) is 0 Å². The molecule has 0 saturated heterocycles. The van der Waals surface area contributed by atoms with E-state index in [0.29, 0.717) is 6.04 Å². The number of likely N-dealkylation sites (N-methyl/N-ethyl adjacent to an activating group) is 1. The molecule has 1 aliphatic carbocycles. The Morgan fingerprint density at radius 1 is 1.53 bits per heavy atom. The van der Waals surface area contributed by atoms with Gasteiger partial charge in [-0.25, -0.2) is 4.98 Å². The van der Waals surface area contributed by atoms with E-state index in [1.165, 1.54) is 25.7 Å². The van der Waals surface area contributed by atoms with Crippen LogP contribution in [0.3, 0.4) is 0 Å². The van der Waals surface area contributed by atoms with Crippen molar-refractivity contribution in [2.24, 2.45) is 18.9 Å². The third kappa shape index (κ3) is 2.86. The van der Waals surface area contributed by atoms with E-state index in [2.05, 4.69) is 29.4 Å². The van der Waals surface area contributed by atoms with Gasteiger partial charge in [0.1, 0.15) is 12.2 Å². The van der Waals surface area contributed by atoms with Crippen molar-refractivity contribution >= 4 is 0 Å². The molecule has 96 valence electrons. The first-order valence-electron chi connectivity index (χ1n) is 6.74. The topological polar surface area (TPSA) is 42.7 Å². The van der Waals surface area contributed by atoms with Crippen molar-refractivity contribution in [3.05, 3.63) is 12.2 Å². The first-order chi connectivity index (χ1) is 8.24. The van der Waals surface area contributed by atoms with Crippen LogP contribution in [-0.2, 0) is 13.5 Å². The first-order valence-corrected chi connectivity index (χ1v) is 6.74. The normalized spacial score (nSPS) is 26.3. The van der Waals surface area contributed by atoms with E-state index >= 15 is 0 Å². The minimum absolute atomic E-state index is 0.550. The van der Waals surface area contributed by atoms with Gasteiger partial charge >= 0.3 is 0 Å². The van der Waals surface area contributed by atoms with Gasteiger partial charge in [0.05, 0.1) is 0 Å². The predicted octanol–water partition coefficient (Wildman–Crippen LogP) is 1.77. The number of hydrogen-bond acceptors (Lipinski definition) is 3. The van der Waals surface area contributed by atoms with Crippen LogP contribution in [0.4, 0.5) is 0 Å². The molecule has 3 unspecified atom stereocenters. The van der Waals surface area contributed by atoms with Crippen LogP contribution < -0.4 is 5.32 Å². The molecular weight excluding hydrogens is 212 g/mol. The minimum Gasteiger partial charge on any atom is -0.316 e. The van der Waals surface area contributed by atoms with E-state index in [1.807, 2.05) is 11.7 Å². The molecule has 4 nitrogen and oxygen atoms in total. The smallest absolute Gasteiger partial charge is 0.138 e. The molecule has 1 aromatic heterocycles. The van der Waals surface area contributed by atoms with E-state index in [1.54, 1.807) is 6.33 Å². The molecule has 1 fully saturated rings. The van der Waals surface area contributed by atoms with Crippen molar-refractivity contribution in [1.29, 1.82) is 0 Å². The largest absolute Gasteiger partial charge is 0.316 e. The summed E-state index contributed by atoms with van der Waals surface area (Å²) < 4.78 is 1.89. The highest BCUT2D eigenvalue weighted by atomic mass is 15.3. The molecule has 17 heavy (non-hydrogen) atoms. The zero-order valence-electron chi connectivity index (χ0n) is 11.2. The number of nitrogens with one attached hydrogen (secondary N) is 1. The van der Waals surface area contributed by atoms with E-state index in [0.717, 1.165) is 24.1 Å². The van der Waals surface area contributed by atoms with Gasteiger partial charge in [0.15, 0.2) is 0 Å². The SMILES string of the molecule is CCC1CCC(C(Cc2ncnn2C)NC)C1. The Morgan fingerprint density at radius 2 is 2.35 bits per heavy atom. The second kappa shape index (κ2) is 5.63. The standard InChI is InChI=1S/C13H24N4/c1-4-10-5-6-11(7-10)12(14-2)8-13-15-9-16-17(13)3/h9-12,14H,4-8H2,1-3H3. The Hall–Kier alpha value is -0.900. The van der Waals surface area contributed by atoms with Gasteiger partial charge in [0.25, 0.3) is 0 Å². The van der Waals surface area contributed by atoms with Crippen LogP contribution >= 0.6 is 0 Å². The van der Waals surface area contributed by atoms with Gasteiger partial charge in [-0.3, -0.25) is 4.68 Å². The van der Waals surface area contributed by atoms with E-state index < -0.39 is 0 Å². The van der Waals surface area contributed by atoms with Crippen LogP contribution in [0, 0.1) is 11.8 Å². The maximum Gasteiger partial charge on any atom is 0.138 e. The van der Waals surface area contributed by atoms with Crippen LogP contribution in [0.5, 0.6) is 0 Å². The lowest BCUT2D eigenvalue weighted by molar-refractivity contribution is 0.354. The van der Waals surface area contributed by atoms with Crippen molar-refractivity contribution in [3.63, 3.8) is 0 Å². The summed E-state index contributed by atoms with van der Waals surface area (Å²) in [7, 11) is 4.04. The summed E-state index contributed by atoms with van der Waals surface area (Å²) in [6.07, 6.45) is 8.11. The third-order valence-electron chi connectivity index (χ3n) is 4.31. The number of aryl methyl sites for hydroxylation is 1. The Balaban J connectivity index is 1.95. The summed E-state index contributed by atoms with van der Waals surface area (Å²) in [5, 5.41) is 7.61. The molecule has 1 heterocycles. The predicted molar refractivity (Wildman–Crippen MR) is 68.7 cm³/mol. The summed E-state index contributed by atoms with van der Waals surface area (Å²) in [6, 6.07) is 0.550. The van der Waals surface area contributed by atoms with Gasteiger partial charge in [-0.05, 0) is 31.7 Å². The van der Waals surface area contributed by atoms with Crippen molar-refractivity contribution in [2.45, 2.75) is 45.1 Å². The molecule has 2 rings (SSSR count). The average Bonchev–Trinajstić information content (AvgIpc) is 2.95. The molecular formula is C13H24N4. The molecule has 0 aromatic carbocycles. The summed E-state index contributed by atoms with van der Waals surface area (Å²) in [4.78, 5) is 4.33. The number of aromatic nitrogens is 3. The van der Waals surface area contributed by atoms with E-state index in [9.17, 15) is 0 Å². The molecule has 1 N–H and O–H groups in total. The Morgan fingerprint density at radius 3 is 2.88 bits per heavy atom. The lowest BCUT2D eigenvalue weighted by Gasteiger charge is -2.22.